The first kappa shape index (κ1) is 14.9. The van der Waals surface area contributed by atoms with Gasteiger partial charge in [0.1, 0.15) is 5.82 Å². The number of hydrogen-bond acceptors (Lipinski definition) is 3. The smallest absolute Gasteiger partial charge is 0.232 e. The van der Waals surface area contributed by atoms with Crippen molar-refractivity contribution in [3.05, 3.63) is 35.6 Å². The van der Waals surface area contributed by atoms with Crippen molar-refractivity contribution >= 4 is 5.91 Å². The van der Waals surface area contributed by atoms with E-state index in [1.54, 1.807) is 11.0 Å². The van der Waals surface area contributed by atoms with Crippen molar-refractivity contribution in [1.29, 1.82) is 0 Å². The van der Waals surface area contributed by atoms with Gasteiger partial charge >= 0.3 is 0 Å². The number of carbonyl (C=O) groups is 1. The third-order valence-electron chi connectivity index (χ3n) is 3.94. The summed E-state index contributed by atoms with van der Waals surface area (Å²) in [6, 6.07) is 6.01. The van der Waals surface area contributed by atoms with Crippen LogP contribution in [0.3, 0.4) is 0 Å². The molecule has 110 valence electrons. The Morgan fingerprint density at radius 3 is 2.90 bits per heavy atom. The average Bonchev–Trinajstić information content (AvgIpc) is 2.76. The molecule has 20 heavy (non-hydrogen) atoms. The molecule has 1 amide bonds. The van der Waals surface area contributed by atoms with E-state index in [9.17, 15) is 9.18 Å². The van der Waals surface area contributed by atoms with Crippen molar-refractivity contribution in [2.45, 2.75) is 26.4 Å². The van der Waals surface area contributed by atoms with E-state index in [2.05, 4.69) is 0 Å². The molecule has 0 spiro atoms. The van der Waals surface area contributed by atoms with Crippen molar-refractivity contribution in [1.82, 2.24) is 4.90 Å². The van der Waals surface area contributed by atoms with Gasteiger partial charge in [-0.15, -0.1) is 0 Å². The summed E-state index contributed by atoms with van der Waals surface area (Å²) in [5, 5.41) is 0. The normalized spacial score (nSPS) is 25.7. The minimum absolute atomic E-state index is 0.0331. The standard InChI is InChI=1S/C15H21FN2O2/c1-3-18(8-11-5-4-6-12(16)7-11)14(19)15(2)10-20-9-13(15)17/h4-7,13H,3,8-10,17H2,1-2H3. The van der Waals surface area contributed by atoms with E-state index in [4.69, 9.17) is 10.5 Å². The lowest BCUT2D eigenvalue weighted by Gasteiger charge is -2.32. The van der Waals surface area contributed by atoms with Gasteiger partial charge in [0.25, 0.3) is 0 Å². The van der Waals surface area contributed by atoms with E-state index in [0.717, 1.165) is 5.56 Å². The molecule has 2 N–H and O–H groups in total. The summed E-state index contributed by atoms with van der Waals surface area (Å²) in [5.41, 5.74) is 6.07. The number of amides is 1. The number of carbonyl (C=O) groups excluding carboxylic acids is 1. The highest BCUT2D eigenvalue weighted by atomic mass is 19.1. The topological polar surface area (TPSA) is 55.6 Å². The van der Waals surface area contributed by atoms with Crippen LogP contribution in [0.15, 0.2) is 24.3 Å². The second-order valence-electron chi connectivity index (χ2n) is 5.49. The lowest BCUT2D eigenvalue weighted by molar-refractivity contribution is -0.142. The van der Waals surface area contributed by atoms with E-state index < -0.39 is 5.41 Å². The maximum absolute atomic E-state index is 13.2. The predicted molar refractivity (Wildman–Crippen MR) is 74.4 cm³/mol. The maximum atomic E-state index is 13.2. The highest BCUT2D eigenvalue weighted by Crippen LogP contribution is 2.30. The number of nitrogens with zero attached hydrogens (tertiary/aromatic N) is 1. The van der Waals surface area contributed by atoms with E-state index >= 15 is 0 Å². The zero-order chi connectivity index (χ0) is 14.8. The van der Waals surface area contributed by atoms with Gasteiger partial charge in [0.15, 0.2) is 0 Å². The van der Waals surface area contributed by atoms with Crippen LogP contribution in [0, 0.1) is 11.2 Å². The van der Waals surface area contributed by atoms with Crippen LogP contribution in [0.5, 0.6) is 0 Å². The van der Waals surface area contributed by atoms with Crippen LogP contribution in [0.25, 0.3) is 0 Å². The third-order valence-corrected chi connectivity index (χ3v) is 3.94. The fourth-order valence-corrected chi connectivity index (χ4v) is 2.45. The summed E-state index contributed by atoms with van der Waals surface area (Å²) in [6.07, 6.45) is 0. The number of rotatable bonds is 4. The maximum Gasteiger partial charge on any atom is 0.232 e. The average molecular weight is 280 g/mol. The van der Waals surface area contributed by atoms with Gasteiger partial charge in [0, 0.05) is 19.1 Å². The Balaban J connectivity index is 2.14. The van der Waals surface area contributed by atoms with E-state index in [-0.39, 0.29) is 17.8 Å². The van der Waals surface area contributed by atoms with Crippen LogP contribution in [0.1, 0.15) is 19.4 Å². The van der Waals surface area contributed by atoms with Crippen LogP contribution < -0.4 is 5.73 Å². The molecular weight excluding hydrogens is 259 g/mol. The molecule has 0 aromatic heterocycles. The summed E-state index contributed by atoms with van der Waals surface area (Å²) < 4.78 is 18.5. The number of benzene rings is 1. The first-order valence-corrected chi connectivity index (χ1v) is 6.84. The number of hydrogen-bond donors (Lipinski definition) is 1. The Morgan fingerprint density at radius 1 is 1.60 bits per heavy atom. The molecule has 2 rings (SSSR count). The fraction of sp³-hybridized carbons (Fsp3) is 0.533. The summed E-state index contributed by atoms with van der Waals surface area (Å²) in [5.74, 6) is -0.327. The minimum atomic E-state index is -0.691. The number of halogens is 1. The lowest BCUT2D eigenvalue weighted by Crippen LogP contribution is -2.51. The van der Waals surface area contributed by atoms with Gasteiger partial charge in [-0.05, 0) is 31.5 Å². The molecule has 2 unspecified atom stereocenters. The quantitative estimate of drug-likeness (QED) is 0.910. The molecule has 0 saturated carbocycles. The highest BCUT2D eigenvalue weighted by molar-refractivity contribution is 5.83. The van der Waals surface area contributed by atoms with Crippen molar-refractivity contribution < 1.29 is 13.9 Å². The first-order chi connectivity index (χ1) is 9.47. The van der Waals surface area contributed by atoms with Crippen molar-refractivity contribution in [3.63, 3.8) is 0 Å². The van der Waals surface area contributed by atoms with E-state index in [0.29, 0.717) is 26.3 Å². The van der Waals surface area contributed by atoms with Gasteiger partial charge in [-0.3, -0.25) is 4.79 Å². The van der Waals surface area contributed by atoms with Crippen LogP contribution in [-0.2, 0) is 16.1 Å². The summed E-state index contributed by atoms with van der Waals surface area (Å²) in [7, 11) is 0. The molecule has 1 saturated heterocycles. The molecule has 1 fully saturated rings. The molecule has 1 aromatic carbocycles. The number of nitrogens with two attached hydrogens (primary N) is 1. The molecule has 1 aliphatic rings. The third kappa shape index (κ3) is 2.83. The molecule has 1 aromatic rings. The molecule has 5 heteroatoms. The summed E-state index contributed by atoms with van der Waals surface area (Å²) in [6.45, 7) is 5.42. The van der Waals surface area contributed by atoms with Crippen LogP contribution in [0.2, 0.25) is 0 Å². The monoisotopic (exact) mass is 280 g/mol. The zero-order valence-electron chi connectivity index (χ0n) is 11.9. The van der Waals surface area contributed by atoms with Crippen molar-refractivity contribution in [2.24, 2.45) is 11.1 Å². The Labute approximate surface area is 118 Å². The Hall–Kier alpha value is -1.46. The molecular formula is C15H21FN2O2. The van der Waals surface area contributed by atoms with Gasteiger partial charge < -0.3 is 15.4 Å². The van der Waals surface area contributed by atoms with E-state index in [1.165, 1.54) is 12.1 Å². The molecule has 0 aliphatic carbocycles. The Bertz CT molecular complexity index is 495. The molecule has 0 bridgehead atoms. The predicted octanol–water partition coefficient (Wildman–Crippen LogP) is 1.54. The van der Waals surface area contributed by atoms with E-state index in [1.807, 2.05) is 19.9 Å². The summed E-state index contributed by atoms with van der Waals surface area (Å²) in [4.78, 5) is 14.4. The highest BCUT2D eigenvalue weighted by Gasteiger charge is 2.46. The molecule has 0 radical (unpaired) electrons. The second-order valence-corrected chi connectivity index (χ2v) is 5.49. The fourth-order valence-electron chi connectivity index (χ4n) is 2.45. The molecule has 1 heterocycles. The van der Waals surface area contributed by atoms with Gasteiger partial charge in [-0.25, -0.2) is 4.39 Å². The largest absolute Gasteiger partial charge is 0.379 e. The van der Waals surface area contributed by atoms with Crippen LogP contribution >= 0.6 is 0 Å². The Kier molecular flexibility index (Phi) is 4.40. The van der Waals surface area contributed by atoms with Gasteiger partial charge in [0.05, 0.1) is 18.6 Å². The summed E-state index contributed by atoms with van der Waals surface area (Å²) >= 11 is 0. The van der Waals surface area contributed by atoms with Crippen molar-refractivity contribution in [3.8, 4) is 0 Å². The Morgan fingerprint density at radius 2 is 2.35 bits per heavy atom. The van der Waals surface area contributed by atoms with Gasteiger partial charge in [-0.2, -0.15) is 0 Å². The lowest BCUT2D eigenvalue weighted by atomic mass is 9.84. The second kappa shape index (κ2) is 5.89. The van der Waals surface area contributed by atoms with Crippen molar-refractivity contribution in [2.75, 3.05) is 19.8 Å². The molecule has 1 aliphatic heterocycles. The van der Waals surface area contributed by atoms with Gasteiger partial charge in [0.2, 0.25) is 5.91 Å². The number of ether oxygens (including phenoxy) is 1. The minimum Gasteiger partial charge on any atom is -0.379 e. The van der Waals surface area contributed by atoms with Crippen LogP contribution in [-0.4, -0.2) is 36.6 Å². The zero-order valence-corrected chi connectivity index (χ0v) is 11.9. The van der Waals surface area contributed by atoms with Crippen LogP contribution in [0.4, 0.5) is 4.39 Å². The first-order valence-electron chi connectivity index (χ1n) is 6.84. The molecule has 2 atom stereocenters. The van der Waals surface area contributed by atoms with Gasteiger partial charge in [-0.1, -0.05) is 12.1 Å². The SMILES string of the molecule is CCN(Cc1cccc(F)c1)C(=O)C1(C)COCC1N. The molecule has 4 nitrogen and oxygen atoms in total.